The maximum absolute atomic E-state index is 12.5. The van der Waals surface area contributed by atoms with E-state index in [1.165, 1.54) is 10.4 Å². The summed E-state index contributed by atoms with van der Waals surface area (Å²) >= 11 is 0. The zero-order chi connectivity index (χ0) is 14.3. The second-order valence-electron chi connectivity index (χ2n) is 5.05. The summed E-state index contributed by atoms with van der Waals surface area (Å²) in [4.78, 5) is 11.1. The van der Waals surface area contributed by atoms with E-state index in [0.717, 1.165) is 11.3 Å². The van der Waals surface area contributed by atoms with Gasteiger partial charge in [-0.3, -0.25) is 4.79 Å². The molecule has 6 nitrogen and oxygen atoms in total. The smallest absolute Gasteiger partial charge is 0.307 e. The quantitative estimate of drug-likeness (QED) is 0.888. The molecule has 0 saturated carbocycles. The Morgan fingerprint density at radius 3 is 2.90 bits per heavy atom. The molecule has 0 bridgehead atoms. The molecule has 0 unspecified atom stereocenters. The van der Waals surface area contributed by atoms with Crippen molar-refractivity contribution >= 4 is 16.0 Å². The van der Waals surface area contributed by atoms with Gasteiger partial charge in [-0.2, -0.15) is 4.31 Å². The third kappa shape index (κ3) is 2.16. The van der Waals surface area contributed by atoms with Crippen LogP contribution in [0.3, 0.4) is 0 Å². The molecule has 2 aliphatic rings. The lowest BCUT2D eigenvalue weighted by atomic mass is 10.1. The number of aliphatic carboxylic acids is 1. The highest BCUT2D eigenvalue weighted by atomic mass is 32.2. The molecule has 1 aromatic carbocycles. The first-order valence-corrected chi connectivity index (χ1v) is 7.91. The summed E-state index contributed by atoms with van der Waals surface area (Å²) in [6.45, 7) is 0.877. The van der Waals surface area contributed by atoms with Crippen LogP contribution < -0.4 is 4.74 Å². The molecule has 0 amide bonds. The molecule has 1 fully saturated rings. The first-order chi connectivity index (χ1) is 9.48. The fraction of sp³-hybridized carbons (Fsp3) is 0.462. The van der Waals surface area contributed by atoms with Crippen LogP contribution in [0, 0.1) is 5.92 Å². The zero-order valence-electron chi connectivity index (χ0n) is 10.8. The molecule has 1 aromatic rings. The Morgan fingerprint density at radius 1 is 1.40 bits per heavy atom. The van der Waals surface area contributed by atoms with Crippen molar-refractivity contribution in [3.63, 3.8) is 0 Å². The van der Waals surface area contributed by atoms with Crippen LogP contribution in [-0.4, -0.2) is 43.5 Å². The third-order valence-corrected chi connectivity index (χ3v) is 5.66. The zero-order valence-corrected chi connectivity index (χ0v) is 11.6. The Morgan fingerprint density at radius 2 is 2.20 bits per heavy atom. The highest BCUT2D eigenvalue weighted by Gasteiger charge is 2.36. The summed E-state index contributed by atoms with van der Waals surface area (Å²) in [5.74, 6) is -0.818. The number of sulfonamides is 1. The topological polar surface area (TPSA) is 83.9 Å². The minimum atomic E-state index is -3.61. The van der Waals surface area contributed by atoms with E-state index >= 15 is 0 Å². The van der Waals surface area contributed by atoms with E-state index in [1.807, 2.05) is 0 Å². The van der Waals surface area contributed by atoms with Crippen molar-refractivity contribution in [2.45, 2.75) is 17.7 Å². The molecule has 2 heterocycles. The van der Waals surface area contributed by atoms with E-state index in [4.69, 9.17) is 9.84 Å². The van der Waals surface area contributed by atoms with Gasteiger partial charge in [0.1, 0.15) is 5.75 Å². The fourth-order valence-corrected chi connectivity index (χ4v) is 4.17. The van der Waals surface area contributed by atoms with Crippen molar-refractivity contribution in [3.05, 3.63) is 23.8 Å². The van der Waals surface area contributed by atoms with Crippen LogP contribution in [0.1, 0.15) is 12.0 Å². The maximum atomic E-state index is 12.5. The van der Waals surface area contributed by atoms with Gasteiger partial charge in [0, 0.05) is 19.5 Å². The highest BCUT2D eigenvalue weighted by Crippen LogP contribution is 2.30. The summed E-state index contributed by atoms with van der Waals surface area (Å²) in [7, 11) is -3.61. The van der Waals surface area contributed by atoms with Crippen molar-refractivity contribution in [1.82, 2.24) is 4.31 Å². The largest absolute Gasteiger partial charge is 0.493 e. The van der Waals surface area contributed by atoms with Crippen molar-refractivity contribution in [1.29, 1.82) is 0 Å². The minimum absolute atomic E-state index is 0.0469. The van der Waals surface area contributed by atoms with Gasteiger partial charge in [0.05, 0.1) is 17.4 Å². The second kappa shape index (κ2) is 4.75. The highest BCUT2D eigenvalue weighted by molar-refractivity contribution is 7.89. The first kappa shape index (κ1) is 13.4. The average molecular weight is 297 g/mol. The predicted octanol–water partition coefficient (Wildman–Crippen LogP) is 0.717. The number of carbonyl (C=O) groups is 1. The number of ether oxygens (including phenoxy) is 1. The molecule has 108 valence electrons. The molecule has 0 radical (unpaired) electrons. The number of benzene rings is 1. The van der Waals surface area contributed by atoms with Gasteiger partial charge in [-0.05, 0) is 30.2 Å². The Balaban J connectivity index is 1.87. The summed E-state index contributed by atoms with van der Waals surface area (Å²) < 4.78 is 31.6. The van der Waals surface area contributed by atoms with E-state index in [9.17, 15) is 13.2 Å². The van der Waals surface area contributed by atoms with Gasteiger partial charge in [0.15, 0.2) is 0 Å². The van der Waals surface area contributed by atoms with Gasteiger partial charge in [0.25, 0.3) is 0 Å². The fourth-order valence-electron chi connectivity index (χ4n) is 2.62. The molecule has 3 rings (SSSR count). The Labute approximate surface area is 117 Å². The Kier molecular flexibility index (Phi) is 3.18. The molecule has 7 heteroatoms. The monoisotopic (exact) mass is 297 g/mol. The Hall–Kier alpha value is -1.60. The standard InChI is InChI=1S/C13H15NO5S/c15-13(16)10-3-5-14(8-10)20(17,18)11-1-2-12-9(7-11)4-6-19-12/h1-2,7,10H,3-6,8H2,(H,15,16)/t10-/m1/s1. The van der Waals surface area contributed by atoms with Crippen molar-refractivity contribution in [2.24, 2.45) is 5.92 Å². The van der Waals surface area contributed by atoms with Gasteiger partial charge >= 0.3 is 5.97 Å². The number of carboxylic acids is 1. The molecule has 0 aromatic heterocycles. The molecule has 1 atom stereocenters. The van der Waals surface area contributed by atoms with Crippen molar-refractivity contribution in [2.75, 3.05) is 19.7 Å². The van der Waals surface area contributed by atoms with Crippen molar-refractivity contribution < 1.29 is 23.1 Å². The van der Waals surface area contributed by atoms with E-state index in [0.29, 0.717) is 19.4 Å². The third-order valence-electron chi connectivity index (χ3n) is 3.80. The van der Waals surface area contributed by atoms with Crippen LogP contribution in [0.15, 0.2) is 23.1 Å². The molecule has 2 aliphatic heterocycles. The summed E-state index contributed by atoms with van der Waals surface area (Å²) in [6.07, 6.45) is 1.07. The van der Waals surface area contributed by atoms with Crippen LogP contribution in [0.2, 0.25) is 0 Å². The molecular formula is C13H15NO5S. The molecule has 1 saturated heterocycles. The molecule has 0 aliphatic carbocycles. The lowest BCUT2D eigenvalue weighted by Gasteiger charge is -2.16. The number of hydrogen-bond acceptors (Lipinski definition) is 4. The molecule has 1 N–H and O–H groups in total. The van der Waals surface area contributed by atoms with E-state index in [-0.39, 0.29) is 18.0 Å². The van der Waals surface area contributed by atoms with E-state index in [2.05, 4.69) is 0 Å². The van der Waals surface area contributed by atoms with Crippen LogP contribution in [0.25, 0.3) is 0 Å². The molecule has 0 spiro atoms. The number of hydrogen-bond donors (Lipinski definition) is 1. The maximum Gasteiger partial charge on any atom is 0.307 e. The van der Waals surface area contributed by atoms with Gasteiger partial charge < -0.3 is 9.84 Å². The predicted molar refractivity (Wildman–Crippen MR) is 70.1 cm³/mol. The van der Waals surface area contributed by atoms with E-state index < -0.39 is 21.9 Å². The van der Waals surface area contributed by atoms with Gasteiger partial charge in [-0.1, -0.05) is 0 Å². The second-order valence-corrected chi connectivity index (χ2v) is 6.99. The van der Waals surface area contributed by atoms with Gasteiger partial charge in [0.2, 0.25) is 10.0 Å². The summed E-state index contributed by atoms with van der Waals surface area (Å²) in [5.41, 5.74) is 0.889. The van der Waals surface area contributed by atoms with Crippen LogP contribution in [0.4, 0.5) is 0 Å². The van der Waals surface area contributed by atoms with Gasteiger partial charge in [-0.15, -0.1) is 0 Å². The normalized spacial score (nSPS) is 22.5. The molecule has 20 heavy (non-hydrogen) atoms. The molecular weight excluding hydrogens is 282 g/mol. The van der Waals surface area contributed by atoms with Gasteiger partial charge in [-0.25, -0.2) is 8.42 Å². The van der Waals surface area contributed by atoms with Crippen LogP contribution >= 0.6 is 0 Å². The Bertz CT molecular complexity index is 655. The van der Waals surface area contributed by atoms with Crippen LogP contribution in [0.5, 0.6) is 5.75 Å². The number of fused-ring (bicyclic) bond motifs is 1. The van der Waals surface area contributed by atoms with Crippen LogP contribution in [-0.2, 0) is 21.2 Å². The van der Waals surface area contributed by atoms with E-state index in [1.54, 1.807) is 12.1 Å². The summed E-state index contributed by atoms with van der Waals surface area (Å²) in [6, 6.07) is 4.82. The summed E-state index contributed by atoms with van der Waals surface area (Å²) in [5, 5.41) is 8.96. The number of carboxylic acid groups (broad SMARTS) is 1. The van der Waals surface area contributed by atoms with Crippen molar-refractivity contribution in [3.8, 4) is 5.75 Å². The lowest BCUT2D eigenvalue weighted by Crippen LogP contribution is -2.30. The number of nitrogens with zero attached hydrogens (tertiary/aromatic N) is 1. The average Bonchev–Trinajstić information content (AvgIpc) is 3.07. The number of rotatable bonds is 3. The minimum Gasteiger partial charge on any atom is -0.493 e. The first-order valence-electron chi connectivity index (χ1n) is 6.47. The SMILES string of the molecule is O=C(O)[C@@H]1CCN(S(=O)(=O)c2ccc3c(c2)CCO3)C1. The lowest BCUT2D eigenvalue weighted by molar-refractivity contribution is -0.141.